The summed E-state index contributed by atoms with van der Waals surface area (Å²) in [5.41, 5.74) is 7.68. The molecule has 80 valence electrons. The Bertz CT molecular complexity index is 649. The van der Waals surface area contributed by atoms with Gasteiger partial charge in [-0.25, -0.2) is 9.08 Å². The zero-order chi connectivity index (χ0) is 11.1. The number of fused-ring (bicyclic) bond motifs is 1. The van der Waals surface area contributed by atoms with Gasteiger partial charge in [0.05, 0.1) is 12.6 Å². The summed E-state index contributed by atoms with van der Waals surface area (Å²) >= 11 is 0. The third kappa shape index (κ3) is 1.18. The van der Waals surface area contributed by atoms with E-state index in [1.807, 2.05) is 59.3 Å². The van der Waals surface area contributed by atoms with Gasteiger partial charge in [-0.05, 0) is 12.1 Å². The van der Waals surface area contributed by atoms with Crippen molar-refractivity contribution in [1.29, 1.82) is 0 Å². The van der Waals surface area contributed by atoms with Crippen molar-refractivity contribution >= 4 is 11.2 Å². The maximum atomic E-state index is 6.07. The maximum absolute atomic E-state index is 6.07. The summed E-state index contributed by atoms with van der Waals surface area (Å²) in [5.74, 6) is 0.756. The minimum atomic E-state index is 0.691. The Balaban J connectivity index is 2.28. The zero-order valence-electron chi connectivity index (χ0n) is 8.91. The monoisotopic (exact) mass is 214 g/mol. The number of nitrogens with zero attached hydrogens (tertiary/aromatic N) is 4. The Kier molecular flexibility index (Phi) is 1.73. The van der Waals surface area contributed by atoms with Crippen LogP contribution in [0, 0.1) is 0 Å². The van der Waals surface area contributed by atoms with Crippen LogP contribution in [-0.4, -0.2) is 14.2 Å². The van der Waals surface area contributed by atoms with Gasteiger partial charge in [-0.2, -0.15) is 4.57 Å². The van der Waals surface area contributed by atoms with Crippen LogP contribution < -0.4 is 10.3 Å². The molecule has 0 saturated heterocycles. The molecule has 16 heavy (non-hydrogen) atoms. The highest BCUT2D eigenvalue weighted by molar-refractivity contribution is 5.76. The van der Waals surface area contributed by atoms with Gasteiger partial charge in [0.1, 0.15) is 18.1 Å². The molecule has 0 aliphatic heterocycles. The second-order valence-electron chi connectivity index (χ2n) is 3.75. The minimum Gasteiger partial charge on any atom is -0.392 e. The van der Waals surface area contributed by atoms with Gasteiger partial charge in [0.25, 0.3) is 5.82 Å². The standard InChI is InChI=1S/C11H12N5/c1-14-6-7-15(8-14)11-10(12)9-4-2-3-5-16(9)13-11/h2-8H,12H2,1H3/q+1. The largest absolute Gasteiger partial charge is 0.392 e. The molecule has 3 aromatic rings. The number of aryl methyl sites for hydroxylation is 1. The van der Waals surface area contributed by atoms with Gasteiger partial charge < -0.3 is 5.73 Å². The minimum absolute atomic E-state index is 0.691. The molecule has 0 aromatic carbocycles. The normalized spacial score (nSPS) is 11.1. The van der Waals surface area contributed by atoms with E-state index in [1.165, 1.54) is 0 Å². The molecule has 0 amide bonds. The first-order valence-corrected chi connectivity index (χ1v) is 5.02. The number of anilines is 1. The van der Waals surface area contributed by atoms with Crippen LogP contribution in [0.25, 0.3) is 11.3 Å². The van der Waals surface area contributed by atoms with Gasteiger partial charge in [0, 0.05) is 6.20 Å². The van der Waals surface area contributed by atoms with E-state index in [-0.39, 0.29) is 0 Å². The number of aromatic nitrogens is 4. The van der Waals surface area contributed by atoms with Gasteiger partial charge in [-0.3, -0.25) is 0 Å². The number of rotatable bonds is 1. The Labute approximate surface area is 92.3 Å². The van der Waals surface area contributed by atoms with E-state index in [1.54, 1.807) is 4.52 Å². The SMILES string of the molecule is C[n+]1ccn(-c2nn3ccccc3c2N)c1. The summed E-state index contributed by atoms with van der Waals surface area (Å²) in [4.78, 5) is 0. The van der Waals surface area contributed by atoms with Gasteiger partial charge in [0.2, 0.25) is 6.33 Å². The number of hydrogen-bond donors (Lipinski definition) is 1. The average Bonchev–Trinajstić information content (AvgIpc) is 2.84. The molecule has 0 atom stereocenters. The molecule has 5 nitrogen and oxygen atoms in total. The summed E-state index contributed by atoms with van der Waals surface area (Å²) in [6.07, 6.45) is 7.69. The van der Waals surface area contributed by atoms with E-state index in [0.717, 1.165) is 11.3 Å². The van der Waals surface area contributed by atoms with Crippen LogP contribution in [0.2, 0.25) is 0 Å². The lowest BCUT2D eigenvalue weighted by atomic mass is 10.3. The predicted octanol–water partition coefficient (Wildman–Crippen LogP) is 0.532. The molecule has 0 bridgehead atoms. The number of imidazole rings is 1. The average molecular weight is 214 g/mol. The lowest BCUT2D eigenvalue weighted by Gasteiger charge is -1.90. The highest BCUT2D eigenvalue weighted by Gasteiger charge is 2.15. The first-order chi connectivity index (χ1) is 7.75. The number of nitrogens with two attached hydrogens (primary N) is 1. The topological polar surface area (TPSA) is 52.1 Å². The molecular formula is C11H12N5+. The smallest absolute Gasteiger partial charge is 0.268 e. The molecule has 0 unspecified atom stereocenters. The van der Waals surface area contributed by atoms with Crippen molar-refractivity contribution in [3.63, 3.8) is 0 Å². The van der Waals surface area contributed by atoms with Crippen LogP contribution in [0.3, 0.4) is 0 Å². The lowest BCUT2D eigenvalue weighted by Crippen LogP contribution is -2.23. The lowest BCUT2D eigenvalue weighted by molar-refractivity contribution is -0.670. The Morgan fingerprint density at radius 1 is 1.31 bits per heavy atom. The summed E-state index contributed by atoms with van der Waals surface area (Å²) in [5, 5.41) is 4.44. The predicted molar refractivity (Wildman–Crippen MR) is 60.1 cm³/mol. The number of hydrogen-bond acceptors (Lipinski definition) is 2. The van der Waals surface area contributed by atoms with E-state index in [4.69, 9.17) is 5.73 Å². The second-order valence-corrected chi connectivity index (χ2v) is 3.75. The summed E-state index contributed by atoms with van der Waals surface area (Å²) in [6, 6.07) is 5.83. The van der Waals surface area contributed by atoms with Crippen LogP contribution in [0.5, 0.6) is 0 Å². The van der Waals surface area contributed by atoms with Crippen molar-refractivity contribution in [1.82, 2.24) is 14.2 Å². The van der Waals surface area contributed by atoms with E-state index in [2.05, 4.69) is 5.10 Å². The van der Waals surface area contributed by atoms with Gasteiger partial charge in [-0.15, -0.1) is 5.10 Å². The first-order valence-electron chi connectivity index (χ1n) is 5.02. The van der Waals surface area contributed by atoms with Crippen molar-refractivity contribution in [3.8, 4) is 5.82 Å². The summed E-state index contributed by atoms with van der Waals surface area (Å²) in [6.45, 7) is 0. The quantitative estimate of drug-likeness (QED) is 0.601. The zero-order valence-corrected chi connectivity index (χ0v) is 8.91. The van der Waals surface area contributed by atoms with Crippen LogP contribution >= 0.6 is 0 Å². The molecule has 3 aromatic heterocycles. The summed E-state index contributed by atoms with van der Waals surface area (Å²) < 4.78 is 5.64. The number of pyridine rings is 1. The Morgan fingerprint density at radius 2 is 2.19 bits per heavy atom. The van der Waals surface area contributed by atoms with E-state index in [0.29, 0.717) is 5.69 Å². The molecule has 0 radical (unpaired) electrons. The Hall–Kier alpha value is -2.30. The molecule has 0 fully saturated rings. The molecule has 3 heterocycles. The van der Waals surface area contributed by atoms with Crippen molar-refractivity contribution in [3.05, 3.63) is 43.1 Å². The highest BCUT2D eigenvalue weighted by Crippen LogP contribution is 2.20. The molecule has 0 aliphatic carbocycles. The fraction of sp³-hybridized carbons (Fsp3) is 0.0909. The second kappa shape index (κ2) is 3.10. The highest BCUT2D eigenvalue weighted by atomic mass is 15.3. The molecule has 5 heteroatoms. The Morgan fingerprint density at radius 3 is 2.88 bits per heavy atom. The van der Waals surface area contributed by atoms with Crippen molar-refractivity contribution in [2.45, 2.75) is 0 Å². The van der Waals surface area contributed by atoms with Crippen LogP contribution in [-0.2, 0) is 7.05 Å². The van der Waals surface area contributed by atoms with E-state index >= 15 is 0 Å². The van der Waals surface area contributed by atoms with Crippen LogP contribution in [0.15, 0.2) is 43.1 Å². The van der Waals surface area contributed by atoms with E-state index < -0.39 is 0 Å². The van der Waals surface area contributed by atoms with Gasteiger partial charge in [-0.1, -0.05) is 6.07 Å². The fourth-order valence-electron chi connectivity index (χ4n) is 1.77. The van der Waals surface area contributed by atoms with Crippen molar-refractivity contribution in [2.75, 3.05) is 5.73 Å². The third-order valence-corrected chi connectivity index (χ3v) is 2.57. The van der Waals surface area contributed by atoms with Gasteiger partial charge >= 0.3 is 0 Å². The molecule has 2 N–H and O–H groups in total. The third-order valence-electron chi connectivity index (χ3n) is 2.57. The van der Waals surface area contributed by atoms with Crippen molar-refractivity contribution < 1.29 is 4.57 Å². The molecule has 0 saturated carbocycles. The molecular weight excluding hydrogens is 202 g/mol. The van der Waals surface area contributed by atoms with Crippen LogP contribution in [0.4, 0.5) is 5.69 Å². The van der Waals surface area contributed by atoms with Crippen LogP contribution in [0.1, 0.15) is 0 Å². The number of nitrogen functional groups attached to an aromatic ring is 1. The molecule has 0 spiro atoms. The fourth-order valence-corrected chi connectivity index (χ4v) is 1.77. The maximum Gasteiger partial charge on any atom is 0.268 e. The molecule has 0 aliphatic rings. The van der Waals surface area contributed by atoms with Crippen molar-refractivity contribution in [2.24, 2.45) is 7.05 Å². The first kappa shape index (κ1) is 8.96. The molecule has 3 rings (SSSR count). The van der Waals surface area contributed by atoms with Gasteiger partial charge in [0.15, 0.2) is 0 Å². The van der Waals surface area contributed by atoms with E-state index in [9.17, 15) is 0 Å². The summed E-state index contributed by atoms with van der Waals surface area (Å²) in [7, 11) is 1.96.